The summed E-state index contributed by atoms with van der Waals surface area (Å²) in [5.74, 6) is 0.219. The molecule has 0 bridgehead atoms. The molecule has 3 nitrogen and oxygen atoms in total. The zero-order valence-electron chi connectivity index (χ0n) is 10.6. The van der Waals surface area contributed by atoms with Crippen LogP contribution in [0.3, 0.4) is 0 Å². The van der Waals surface area contributed by atoms with E-state index in [9.17, 15) is 4.79 Å². The fourth-order valence-corrected chi connectivity index (χ4v) is 2.57. The van der Waals surface area contributed by atoms with Crippen molar-refractivity contribution in [3.63, 3.8) is 0 Å². The third-order valence-corrected chi connectivity index (χ3v) is 3.61. The van der Waals surface area contributed by atoms with Crippen LogP contribution in [0.1, 0.15) is 24.0 Å². The van der Waals surface area contributed by atoms with E-state index in [0.717, 1.165) is 42.5 Å². The zero-order valence-corrected chi connectivity index (χ0v) is 10.6. The lowest BCUT2D eigenvalue weighted by atomic mass is 10.1. The monoisotopic (exact) mass is 243 g/mol. The molecule has 18 heavy (non-hydrogen) atoms. The molecule has 1 saturated heterocycles. The molecule has 1 aliphatic rings. The highest BCUT2D eigenvalue weighted by Crippen LogP contribution is 2.23. The second-order valence-electron chi connectivity index (χ2n) is 5.03. The predicted molar refractivity (Wildman–Crippen MR) is 70.5 cm³/mol. The van der Waals surface area contributed by atoms with Crippen LogP contribution in [0.25, 0.3) is 11.0 Å². The molecule has 1 aliphatic heterocycles. The van der Waals surface area contributed by atoms with Gasteiger partial charge in [-0.3, -0.25) is 4.79 Å². The Morgan fingerprint density at radius 3 is 2.89 bits per heavy atom. The van der Waals surface area contributed by atoms with Gasteiger partial charge in [0.05, 0.1) is 12.7 Å². The van der Waals surface area contributed by atoms with Gasteiger partial charge in [0.25, 0.3) is 0 Å². The molecular weight excluding hydrogens is 226 g/mol. The number of hydrogen-bond acceptors (Lipinski definition) is 2. The second kappa shape index (κ2) is 4.48. The summed E-state index contributed by atoms with van der Waals surface area (Å²) in [7, 11) is 0. The van der Waals surface area contributed by atoms with Crippen LogP contribution in [-0.4, -0.2) is 23.9 Å². The van der Waals surface area contributed by atoms with E-state index in [1.54, 1.807) is 6.26 Å². The largest absolute Gasteiger partial charge is 0.464 e. The fraction of sp³-hybridized carbons (Fsp3) is 0.400. The third-order valence-electron chi connectivity index (χ3n) is 3.61. The van der Waals surface area contributed by atoms with Crippen LogP contribution in [0.5, 0.6) is 0 Å². The fourth-order valence-electron chi connectivity index (χ4n) is 2.57. The zero-order chi connectivity index (χ0) is 12.5. The SMILES string of the molecule is Cc1ccc2occ(CC(=O)N3CCCC3)c2c1. The summed E-state index contributed by atoms with van der Waals surface area (Å²) in [5, 5.41) is 1.07. The van der Waals surface area contributed by atoms with Crippen LogP contribution in [0.15, 0.2) is 28.9 Å². The van der Waals surface area contributed by atoms with E-state index < -0.39 is 0 Å². The standard InChI is InChI=1S/C15H17NO2/c1-11-4-5-14-13(8-11)12(10-18-14)9-15(17)16-6-2-3-7-16/h4-5,8,10H,2-3,6-7,9H2,1H3. The molecule has 0 radical (unpaired) electrons. The van der Waals surface area contributed by atoms with Crippen molar-refractivity contribution in [1.82, 2.24) is 4.90 Å². The van der Waals surface area contributed by atoms with Gasteiger partial charge in [-0.15, -0.1) is 0 Å². The van der Waals surface area contributed by atoms with E-state index in [-0.39, 0.29) is 5.91 Å². The first kappa shape index (κ1) is 11.3. The molecule has 0 spiro atoms. The van der Waals surface area contributed by atoms with Crippen LogP contribution >= 0.6 is 0 Å². The summed E-state index contributed by atoms with van der Waals surface area (Å²) < 4.78 is 5.50. The maximum Gasteiger partial charge on any atom is 0.227 e. The average molecular weight is 243 g/mol. The number of aryl methyl sites for hydroxylation is 1. The Morgan fingerprint density at radius 2 is 2.11 bits per heavy atom. The summed E-state index contributed by atoms with van der Waals surface area (Å²) in [6, 6.07) is 6.08. The number of carbonyl (C=O) groups excluding carboxylic acids is 1. The number of likely N-dealkylation sites (tertiary alicyclic amines) is 1. The highest BCUT2D eigenvalue weighted by molar-refractivity contribution is 5.88. The second-order valence-corrected chi connectivity index (χ2v) is 5.03. The minimum atomic E-state index is 0.219. The maximum absolute atomic E-state index is 12.1. The number of rotatable bonds is 2. The van der Waals surface area contributed by atoms with E-state index in [4.69, 9.17) is 4.42 Å². The Morgan fingerprint density at radius 1 is 1.33 bits per heavy atom. The molecule has 0 aliphatic carbocycles. The van der Waals surface area contributed by atoms with Gasteiger partial charge in [0.2, 0.25) is 5.91 Å². The van der Waals surface area contributed by atoms with Gasteiger partial charge in [0, 0.05) is 24.0 Å². The van der Waals surface area contributed by atoms with Gasteiger partial charge < -0.3 is 9.32 Å². The molecule has 0 N–H and O–H groups in total. The average Bonchev–Trinajstić information content (AvgIpc) is 2.99. The number of hydrogen-bond donors (Lipinski definition) is 0. The van der Waals surface area contributed by atoms with Crippen molar-refractivity contribution in [2.24, 2.45) is 0 Å². The van der Waals surface area contributed by atoms with Crippen molar-refractivity contribution < 1.29 is 9.21 Å². The summed E-state index contributed by atoms with van der Waals surface area (Å²) >= 11 is 0. The number of benzene rings is 1. The van der Waals surface area contributed by atoms with Crippen LogP contribution in [-0.2, 0) is 11.2 Å². The smallest absolute Gasteiger partial charge is 0.227 e. The highest BCUT2D eigenvalue weighted by Gasteiger charge is 2.19. The summed E-state index contributed by atoms with van der Waals surface area (Å²) in [6.07, 6.45) is 4.45. The van der Waals surface area contributed by atoms with Gasteiger partial charge in [-0.25, -0.2) is 0 Å². The van der Waals surface area contributed by atoms with E-state index in [0.29, 0.717) is 6.42 Å². The Labute approximate surface area is 106 Å². The number of nitrogens with zero attached hydrogens (tertiary/aromatic N) is 1. The Hall–Kier alpha value is -1.77. The normalized spacial score (nSPS) is 15.5. The van der Waals surface area contributed by atoms with Crippen molar-refractivity contribution in [2.75, 3.05) is 13.1 Å². The molecule has 3 rings (SSSR count). The quantitative estimate of drug-likeness (QED) is 0.812. The summed E-state index contributed by atoms with van der Waals surface area (Å²) in [6.45, 7) is 3.87. The summed E-state index contributed by atoms with van der Waals surface area (Å²) in [5.41, 5.74) is 3.06. The predicted octanol–water partition coefficient (Wildman–Crippen LogP) is 2.91. The van der Waals surface area contributed by atoms with Gasteiger partial charge in [0.15, 0.2) is 0 Å². The maximum atomic E-state index is 12.1. The molecule has 3 heteroatoms. The highest BCUT2D eigenvalue weighted by atomic mass is 16.3. The molecule has 1 aromatic heterocycles. The number of furan rings is 1. The molecule has 2 aromatic rings. The van der Waals surface area contributed by atoms with E-state index in [1.807, 2.05) is 17.0 Å². The lowest BCUT2D eigenvalue weighted by Crippen LogP contribution is -2.28. The van der Waals surface area contributed by atoms with Gasteiger partial charge in [-0.2, -0.15) is 0 Å². The number of fused-ring (bicyclic) bond motifs is 1. The van der Waals surface area contributed by atoms with Crippen LogP contribution in [0, 0.1) is 6.92 Å². The molecule has 2 heterocycles. The van der Waals surface area contributed by atoms with Crippen LogP contribution in [0.2, 0.25) is 0 Å². The van der Waals surface area contributed by atoms with Crippen molar-refractivity contribution in [3.8, 4) is 0 Å². The Kier molecular flexibility index (Phi) is 2.82. The van der Waals surface area contributed by atoms with Crippen molar-refractivity contribution in [3.05, 3.63) is 35.6 Å². The van der Waals surface area contributed by atoms with Gasteiger partial charge in [-0.1, -0.05) is 11.6 Å². The van der Waals surface area contributed by atoms with Crippen molar-refractivity contribution in [2.45, 2.75) is 26.2 Å². The van der Waals surface area contributed by atoms with E-state index >= 15 is 0 Å². The lowest BCUT2D eigenvalue weighted by molar-refractivity contribution is -0.129. The Balaban J connectivity index is 1.85. The van der Waals surface area contributed by atoms with E-state index in [2.05, 4.69) is 13.0 Å². The summed E-state index contributed by atoms with van der Waals surface area (Å²) in [4.78, 5) is 14.1. The van der Waals surface area contributed by atoms with E-state index in [1.165, 1.54) is 5.56 Å². The molecular formula is C15H17NO2. The van der Waals surface area contributed by atoms with Crippen molar-refractivity contribution >= 4 is 16.9 Å². The molecule has 94 valence electrons. The van der Waals surface area contributed by atoms with Gasteiger partial charge >= 0.3 is 0 Å². The van der Waals surface area contributed by atoms with Crippen LogP contribution < -0.4 is 0 Å². The topological polar surface area (TPSA) is 33.5 Å². The number of carbonyl (C=O) groups is 1. The van der Waals surface area contributed by atoms with Gasteiger partial charge in [0.1, 0.15) is 5.58 Å². The minimum Gasteiger partial charge on any atom is -0.464 e. The number of amides is 1. The van der Waals surface area contributed by atoms with Gasteiger partial charge in [-0.05, 0) is 31.9 Å². The van der Waals surface area contributed by atoms with Crippen LogP contribution in [0.4, 0.5) is 0 Å². The molecule has 0 atom stereocenters. The van der Waals surface area contributed by atoms with Crippen molar-refractivity contribution in [1.29, 1.82) is 0 Å². The lowest BCUT2D eigenvalue weighted by Gasteiger charge is -2.14. The molecule has 0 saturated carbocycles. The first-order chi connectivity index (χ1) is 8.74. The molecule has 1 fully saturated rings. The first-order valence-corrected chi connectivity index (χ1v) is 6.48. The molecule has 1 amide bonds. The Bertz CT molecular complexity index is 579. The first-order valence-electron chi connectivity index (χ1n) is 6.48. The third kappa shape index (κ3) is 2.01. The molecule has 1 aromatic carbocycles. The minimum absolute atomic E-state index is 0.219. The molecule has 0 unspecified atom stereocenters.